The number of imide groups is 1. The molecular weight excluding hydrogens is 468 g/mol. The van der Waals surface area contributed by atoms with E-state index in [2.05, 4.69) is 5.32 Å². The Labute approximate surface area is 205 Å². The fraction of sp³-hybridized carbons (Fsp3) is 0.154. The number of carbonyl (C=O) groups excluding carboxylic acids is 4. The molecule has 0 unspecified atom stereocenters. The zero-order valence-electron chi connectivity index (χ0n) is 19.1. The van der Waals surface area contributed by atoms with Crippen LogP contribution in [-0.2, 0) is 14.3 Å². The highest BCUT2D eigenvalue weighted by Crippen LogP contribution is 2.33. The standard InChI is InChI=1S/C26H22N2O6S/c1-3-33-25(31)18-8-6-17(7-9-18)21-13-12-20(34-21)14-22-24(30)28(26(32)35-22)15-23(29)27-19-10-4-16(2)5-11-19/h4-14H,3,15H2,1-2H3,(H,27,29)/b22-14+. The SMILES string of the molecule is CCOC(=O)c1ccc(-c2ccc(/C=C3/SC(=O)N(CC(=O)Nc4ccc(C)cc4)C3=O)o2)cc1. The number of hydrogen-bond acceptors (Lipinski definition) is 7. The predicted octanol–water partition coefficient (Wildman–Crippen LogP) is 5.11. The zero-order valence-corrected chi connectivity index (χ0v) is 19.9. The number of carbonyl (C=O) groups is 4. The molecule has 0 spiro atoms. The Balaban J connectivity index is 1.42. The van der Waals surface area contributed by atoms with Crippen molar-refractivity contribution in [2.75, 3.05) is 18.5 Å². The van der Waals surface area contributed by atoms with Gasteiger partial charge in [0.25, 0.3) is 11.1 Å². The highest BCUT2D eigenvalue weighted by atomic mass is 32.2. The van der Waals surface area contributed by atoms with Gasteiger partial charge in [0.15, 0.2) is 0 Å². The van der Waals surface area contributed by atoms with E-state index in [0.29, 0.717) is 29.4 Å². The quantitative estimate of drug-likeness (QED) is 0.362. The number of thioether (sulfide) groups is 1. The topological polar surface area (TPSA) is 106 Å². The molecule has 0 saturated carbocycles. The lowest BCUT2D eigenvalue weighted by Gasteiger charge is -2.12. The first-order chi connectivity index (χ1) is 16.8. The second kappa shape index (κ2) is 10.4. The molecule has 8 nitrogen and oxygen atoms in total. The maximum atomic E-state index is 12.7. The van der Waals surface area contributed by atoms with Crippen LogP contribution in [0.15, 0.2) is 70.0 Å². The molecule has 0 bridgehead atoms. The second-order valence-electron chi connectivity index (χ2n) is 7.68. The lowest BCUT2D eigenvalue weighted by molar-refractivity contribution is -0.127. The molecule has 2 aromatic carbocycles. The first kappa shape index (κ1) is 24.0. The monoisotopic (exact) mass is 490 g/mol. The number of nitrogens with zero attached hydrogens (tertiary/aromatic N) is 1. The molecule has 0 atom stereocenters. The number of aryl methyl sites for hydroxylation is 1. The highest BCUT2D eigenvalue weighted by molar-refractivity contribution is 8.18. The lowest BCUT2D eigenvalue weighted by atomic mass is 10.1. The third-order valence-corrected chi connectivity index (χ3v) is 6.00. The molecule has 1 aliphatic rings. The van der Waals surface area contributed by atoms with Gasteiger partial charge in [0.1, 0.15) is 18.1 Å². The summed E-state index contributed by atoms with van der Waals surface area (Å²) in [5.41, 5.74) is 2.80. The Morgan fingerprint density at radius 3 is 2.43 bits per heavy atom. The van der Waals surface area contributed by atoms with Crippen LogP contribution < -0.4 is 5.32 Å². The fourth-order valence-electron chi connectivity index (χ4n) is 3.32. The molecular formula is C26H22N2O6S. The molecule has 1 fully saturated rings. The number of amides is 3. The molecule has 9 heteroatoms. The largest absolute Gasteiger partial charge is 0.462 e. The van der Waals surface area contributed by atoms with Gasteiger partial charge >= 0.3 is 5.97 Å². The van der Waals surface area contributed by atoms with E-state index < -0.39 is 23.0 Å². The van der Waals surface area contributed by atoms with Crippen molar-refractivity contribution in [3.05, 3.63) is 82.5 Å². The van der Waals surface area contributed by atoms with Gasteiger partial charge in [0.2, 0.25) is 5.91 Å². The molecule has 3 aromatic rings. The van der Waals surface area contributed by atoms with Crippen LogP contribution in [0.2, 0.25) is 0 Å². The Bertz CT molecular complexity index is 1310. The number of nitrogens with one attached hydrogen (secondary N) is 1. The Morgan fingerprint density at radius 1 is 1.03 bits per heavy atom. The molecule has 0 radical (unpaired) electrons. The summed E-state index contributed by atoms with van der Waals surface area (Å²) in [4.78, 5) is 50.3. The van der Waals surface area contributed by atoms with Crippen LogP contribution in [0.1, 0.15) is 28.6 Å². The molecule has 1 N–H and O–H groups in total. The van der Waals surface area contributed by atoms with Crippen molar-refractivity contribution >= 4 is 46.5 Å². The van der Waals surface area contributed by atoms with Crippen LogP contribution >= 0.6 is 11.8 Å². The molecule has 35 heavy (non-hydrogen) atoms. The van der Waals surface area contributed by atoms with E-state index in [4.69, 9.17) is 9.15 Å². The number of furan rings is 1. The van der Waals surface area contributed by atoms with Gasteiger partial charge in [-0.05, 0) is 62.0 Å². The second-order valence-corrected chi connectivity index (χ2v) is 8.68. The van der Waals surface area contributed by atoms with Gasteiger partial charge in [-0.3, -0.25) is 19.3 Å². The molecule has 4 rings (SSSR count). The highest BCUT2D eigenvalue weighted by Gasteiger charge is 2.36. The number of ether oxygens (including phenoxy) is 1. The normalized spacial score (nSPS) is 14.5. The third-order valence-electron chi connectivity index (χ3n) is 5.09. The smallest absolute Gasteiger partial charge is 0.338 e. The van der Waals surface area contributed by atoms with Crippen LogP contribution in [0.4, 0.5) is 10.5 Å². The maximum Gasteiger partial charge on any atom is 0.338 e. The molecule has 3 amide bonds. The first-order valence-corrected chi connectivity index (χ1v) is 11.6. The van der Waals surface area contributed by atoms with Gasteiger partial charge in [0.05, 0.1) is 17.1 Å². The lowest BCUT2D eigenvalue weighted by Crippen LogP contribution is -2.36. The van der Waals surface area contributed by atoms with Crippen LogP contribution in [0.3, 0.4) is 0 Å². The van der Waals surface area contributed by atoms with Gasteiger partial charge in [-0.2, -0.15) is 0 Å². The van der Waals surface area contributed by atoms with Gasteiger partial charge < -0.3 is 14.5 Å². The van der Waals surface area contributed by atoms with Crippen molar-refractivity contribution in [2.24, 2.45) is 0 Å². The summed E-state index contributed by atoms with van der Waals surface area (Å²) < 4.78 is 10.8. The summed E-state index contributed by atoms with van der Waals surface area (Å²) >= 11 is 0.749. The minimum absolute atomic E-state index is 0.164. The Morgan fingerprint density at radius 2 is 1.74 bits per heavy atom. The van der Waals surface area contributed by atoms with Gasteiger partial charge in [0, 0.05) is 17.3 Å². The van der Waals surface area contributed by atoms with Crippen LogP contribution in [0, 0.1) is 6.92 Å². The summed E-state index contributed by atoms with van der Waals surface area (Å²) in [5.74, 6) is -0.519. The molecule has 1 saturated heterocycles. The predicted molar refractivity (Wildman–Crippen MR) is 133 cm³/mol. The van der Waals surface area contributed by atoms with E-state index in [-0.39, 0.29) is 11.4 Å². The minimum Gasteiger partial charge on any atom is -0.462 e. The third kappa shape index (κ3) is 5.70. The van der Waals surface area contributed by atoms with Gasteiger partial charge in [-0.15, -0.1) is 0 Å². The average molecular weight is 491 g/mol. The van der Waals surface area contributed by atoms with E-state index >= 15 is 0 Å². The molecule has 0 aliphatic carbocycles. The van der Waals surface area contributed by atoms with Crippen molar-refractivity contribution in [2.45, 2.75) is 13.8 Å². The molecule has 2 heterocycles. The van der Waals surface area contributed by atoms with Crippen LogP contribution in [0.25, 0.3) is 17.4 Å². The average Bonchev–Trinajstić information content (AvgIpc) is 3.41. The van der Waals surface area contributed by atoms with Gasteiger partial charge in [-0.25, -0.2) is 4.79 Å². The van der Waals surface area contributed by atoms with Crippen molar-refractivity contribution in [1.82, 2.24) is 4.90 Å². The Hall–Kier alpha value is -4.11. The summed E-state index contributed by atoms with van der Waals surface area (Å²) in [6.45, 7) is 3.59. The van der Waals surface area contributed by atoms with Crippen molar-refractivity contribution < 1.29 is 28.3 Å². The summed E-state index contributed by atoms with van der Waals surface area (Å²) in [7, 11) is 0. The Kier molecular flexibility index (Phi) is 7.17. The summed E-state index contributed by atoms with van der Waals surface area (Å²) in [6, 6.07) is 17.3. The molecule has 1 aromatic heterocycles. The van der Waals surface area contributed by atoms with E-state index in [1.165, 1.54) is 6.08 Å². The van der Waals surface area contributed by atoms with E-state index in [1.807, 2.05) is 19.1 Å². The number of rotatable bonds is 7. The van der Waals surface area contributed by atoms with Crippen molar-refractivity contribution in [1.29, 1.82) is 0 Å². The van der Waals surface area contributed by atoms with Crippen LogP contribution in [0.5, 0.6) is 0 Å². The molecule has 1 aliphatic heterocycles. The summed E-state index contributed by atoms with van der Waals surface area (Å²) in [6.07, 6.45) is 1.47. The first-order valence-electron chi connectivity index (χ1n) is 10.8. The minimum atomic E-state index is -0.559. The number of anilines is 1. The fourth-order valence-corrected chi connectivity index (χ4v) is 4.14. The van der Waals surface area contributed by atoms with Crippen molar-refractivity contribution in [3.8, 4) is 11.3 Å². The molecule has 178 valence electrons. The van der Waals surface area contributed by atoms with Crippen LogP contribution in [-0.4, -0.2) is 41.1 Å². The van der Waals surface area contributed by atoms with E-state index in [0.717, 1.165) is 27.8 Å². The number of benzene rings is 2. The van der Waals surface area contributed by atoms with E-state index in [1.54, 1.807) is 55.5 Å². The van der Waals surface area contributed by atoms with Crippen molar-refractivity contribution in [3.63, 3.8) is 0 Å². The summed E-state index contributed by atoms with van der Waals surface area (Å²) in [5, 5.41) is 2.15. The van der Waals surface area contributed by atoms with Gasteiger partial charge in [-0.1, -0.05) is 29.8 Å². The number of esters is 1. The number of hydrogen-bond donors (Lipinski definition) is 1. The maximum absolute atomic E-state index is 12.7. The zero-order chi connectivity index (χ0) is 24.9. The van der Waals surface area contributed by atoms with E-state index in [9.17, 15) is 19.2 Å².